The average molecular weight is 508 g/mol. The van der Waals surface area contributed by atoms with Gasteiger partial charge in [0, 0.05) is 12.2 Å². The first kappa shape index (κ1) is 25.1. The van der Waals surface area contributed by atoms with Gasteiger partial charge in [0.2, 0.25) is 11.8 Å². The summed E-state index contributed by atoms with van der Waals surface area (Å²) in [7, 11) is -2.17. The topological polar surface area (TPSA) is 101 Å². The summed E-state index contributed by atoms with van der Waals surface area (Å²) in [5.41, 5.74) is 5.59. The van der Waals surface area contributed by atoms with Crippen molar-refractivity contribution in [2.24, 2.45) is 5.73 Å². The zero-order chi connectivity index (χ0) is 24.8. The number of carboxylic acid groups (broad SMARTS) is 1. The van der Waals surface area contributed by atoms with Gasteiger partial charge < -0.3 is 10.8 Å². The number of imide groups is 1. The van der Waals surface area contributed by atoms with Gasteiger partial charge in [-0.15, -0.1) is 11.8 Å². The molecule has 0 aromatic heterocycles. The van der Waals surface area contributed by atoms with Crippen molar-refractivity contribution < 1.29 is 19.5 Å². The van der Waals surface area contributed by atoms with Crippen molar-refractivity contribution in [2.45, 2.75) is 17.7 Å². The third-order valence-electron chi connectivity index (χ3n) is 6.25. The summed E-state index contributed by atoms with van der Waals surface area (Å²) in [5, 5.41) is 12.0. The minimum Gasteiger partial charge on any atom is -0.480 e. The fraction of sp³-hybridized carbons (Fsp3) is 0.222. The fourth-order valence-corrected chi connectivity index (χ4v) is 9.77. The van der Waals surface area contributed by atoms with E-state index in [1.54, 1.807) is 0 Å². The molecule has 1 fully saturated rings. The molecule has 0 radical (unpaired) electrons. The van der Waals surface area contributed by atoms with Crippen LogP contribution in [0.25, 0.3) is 0 Å². The second-order valence-electron chi connectivity index (χ2n) is 8.39. The van der Waals surface area contributed by atoms with Crippen LogP contribution in [0.3, 0.4) is 0 Å². The first-order valence-electron chi connectivity index (χ1n) is 11.4. The lowest BCUT2D eigenvalue weighted by atomic mass is 10.3. The second-order valence-corrected chi connectivity index (χ2v) is 13.2. The Morgan fingerprint density at radius 1 is 0.914 bits per heavy atom. The number of benzene rings is 3. The van der Waals surface area contributed by atoms with Gasteiger partial charge in [0.1, 0.15) is 29.2 Å². The maximum atomic E-state index is 13.1. The number of hydrogen-bond acceptors (Lipinski definition) is 5. The molecule has 1 aliphatic rings. The van der Waals surface area contributed by atoms with E-state index in [1.165, 1.54) is 20.8 Å². The van der Waals surface area contributed by atoms with Crippen molar-refractivity contribution >= 4 is 52.7 Å². The van der Waals surface area contributed by atoms with Gasteiger partial charge in [-0.25, -0.2) is 0 Å². The third kappa shape index (κ3) is 5.32. The number of nitrogens with zero attached hydrogens (tertiary/aromatic N) is 1. The van der Waals surface area contributed by atoms with Crippen LogP contribution in [0.2, 0.25) is 0 Å². The normalized spacial score (nSPS) is 16.9. The lowest BCUT2D eigenvalue weighted by Gasteiger charge is -2.29. The Morgan fingerprint density at radius 2 is 1.37 bits per heavy atom. The highest BCUT2D eigenvalue weighted by molar-refractivity contribution is 8.00. The van der Waals surface area contributed by atoms with Crippen LogP contribution in [-0.2, 0) is 14.4 Å². The average Bonchev–Trinajstić information content (AvgIpc) is 3.17. The number of amides is 2. The fourth-order valence-electron chi connectivity index (χ4n) is 4.44. The summed E-state index contributed by atoms with van der Waals surface area (Å²) in [4.78, 5) is 38.4. The number of carboxylic acids is 1. The van der Waals surface area contributed by atoms with Crippen molar-refractivity contribution in [3.8, 4) is 0 Å². The molecular formula is C27H28N2O4PS+. The van der Waals surface area contributed by atoms with Crippen molar-refractivity contribution in [3.63, 3.8) is 0 Å². The molecule has 4 rings (SSSR count). The van der Waals surface area contributed by atoms with Crippen LogP contribution in [0.5, 0.6) is 0 Å². The smallest absolute Gasteiger partial charge is 0.321 e. The molecule has 1 heterocycles. The Labute approximate surface area is 209 Å². The zero-order valence-electron chi connectivity index (χ0n) is 19.2. The Kier molecular flexibility index (Phi) is 8.01. The van der Waals surface area contributed by atoms with E-state index in [2.05, 4.69) is 36.4 Å². The lowest BCUT2D eigenvalue weighted by Crippen LogP contribution is -2.40. The predicted molar refractivity (Wildman–Crippen MR) is 143 cm³/mol. The SMILES string of the molecule is N[C@@H](CSC1CC(=O)N(CC[P+](c2ccccc2)(c2ccccc2)c2ccccc2)C1=O)C(=O)O. The van der Waals surface area contributed by atoms with Crippen LogP contribution in [0.1, 0.15) is 6.42 Å². The monoisotopic (exact) mass is 507 g/mol. The quantitative estimate of drug-likeness (QED) is 0.323. The Morgan fingerprint density at radius 3 is 1.80 bits per heavy atom. The predicted octanol–water partition coefficient (Wildman–Crippen LogP) is 2.25. The van der Waals surface area contributed by atoms with Crippen LogP contribution in [0.4, 0.5) is 0 Å². The molecule has 3 aromatic rings. The molecule has 3 aromatic carbocycles. The van der Waals surface area contributed by atoms with E-state index >= 15 is 0 Å². The third-order valence-corrected chi connectivity index (χ3v) is 12.0. The van der Waals surface area contributed by atoms with Gasteiger partial charge in [0.25, 0.3) is 0 Å². The van der Waals surface area contributed by atoms with Crippen LogP contribution in [0, 0.1) is 0 Å². The van der Waals surface area contributed by atoms with E-state index in [9.17, 15) is 14.4 Å². The summed E-state index contributed by atoms with van der Waals surface area (Å²) in [6.07, 6.45) is 0.692. The molecular weight excluding hydrogens is 479 g/mol. The Balaban J connectivity index is 1.66. The van der Waals surface area contributed by atoms with Gasteiger partial charge >= 0.3 is 5.97 Å². The highest BCUT2D eigenvalue weighted by Gasteiger charge is 2.47. The molecule has 1 aliphatic heterocycles. The second kappa shape index (κ2) is 11.2. The molecule has 3 N–H and O–H groups in total. The molecule has 1 saturated heterocycles. The zero-order valence-corrected chi connectivity index (χ0v) is 20.9. The Hall–Kier alpha value is -2.99. The van der Waals surface area contributed by atoms with E-state index in [0.717, 1.165) is 11.8 Å². The number of hydrogen-bond donors (Lipinski definition) is 2. The van der Waals surface area contributed by atoms with E-state index in [0.29, 0.717) is 12.7 Å². The van der Waals surface area contributed by atoms with E-state index in [1.807, 2.05) is 54.6 Å². The van der Waals surface area contributed by atoms with Gasteiger partial charge in [-0.2, -0.15) is 0 Å². The highest BCUT2D eigenvalue weighted by Crippen LogP contribution is 2.55. The first-order chi connectivity index (χ1) is 16.9. The molecule has 2 amide bonds. The van der Waals surface area contributed by atoms with Gasteiger partial charge in [-0.05, 0) is 36.4 Å². The molecule has 0 bridgehead atoms. The molecule has 180 valence electrons. The van der Waals surface area contributed by atoms with Crippen LogP contribution in [-0.4, -0.2) is 57.5 Å². The van der Waals surface area contributed by atoms with Gasteiger partial charge in [-0.1, -0.05) is 54.6 Å². The van der Waals surface area contributed by atoms with Gasteiger partial charge in [-0.3, -0.25) is 19.3 Å². The van der Waals surface area contributed by atoms with Crippen LogP contribution < -0.4 is 21.6 Å². The summed E-state index contributed by atoms with van der Waals surface area (Å²) < 4.78 is 0. The van der Waals surface area contributed by atoms with Crippen molar-refractivity contribution in [3.05, 3.63) is 91.0 Å². The van der Waals surface area contributed by atoms with Crippen molar-refractivity contribution in [1.29, 1.82) is 0 Å². The standard InChI is InChI=1S/C27H27N2O4PS/c28-23(27(32)33)19-35-24-18-25(30)29(26(24)31)16-17-34(20-10-4-1-5-11-20,21-12-6-2-7-13-21)22-14-8-3-9-15-22/h1-15,23-24H,16-19,28H2/p+1/t23-,24?/m0/s1. The van der Waals surface area contributed by atoms with Crippen LogP contribution in [0.15, 0.2) is 91.0 Å². The van der Waals surface area contributed by atoms with E-state index < -0.39 is 24.5 Å². The summed E-state index contributed by atoms with van der Waals surface area (Å²) in [6, 6.07) is 29.9. The maximum absolute atomic E-state index is 13.1. The largest absolute Gasteiger partial charge is 0.480 e. The summed E-state index contributed by atoms with van der Waals surface area (Å²) in [5.74, 6) is -1.51. The molecule has 2 atom stereocenters. The van der Waals surface area contributed by atoms with E-state index in [-0.39, 0.29) is 24.0 Å². The molecule has 1 unspecified atom stereocenters. The maximum Gasteiger partial charge on any atom is 0.321 e. The van der Waals surface area contributed by atoms with Gasteiger partial charge in [0.05, 0.1) is 18.0 Å². The van der Waals surface area contributed by atoms with Crippen molar-refractivity contribution in [2.75, 3.05) is 18.5 Å². The lowest BCUT2D eigenvalue weighted by molar-refractivity contribution is -0.139. The molecule has 0 aliphatic carbocycles. The number of nitrogens with two attached hydrogens (primary N) is 1. The summed E-state index contributed by atoms with van der Waals surface area (Å²) >= 11 is 1.15. The minimum absolute atomic E-state index is 0.0727. The number of thioether (sulfide) groups is 1. The first-order valence-corrected chi connectivity index (χ1v) is 14.4. The number of likely N-dealkylation sites (tertiary alicyclic amines) is 1. The number of carbonyl (C=O) groups excluding carboxylic acids is 2. The van der Waals surface area contributed by atoms with Crippen LogP contribution >= 0.6 is 19.0 Å². The molecule has 35 heavy (non-hydrogen) atoms. The number of aliphatic carboxylic acids is 1. The molecule has 8 heteroatoms. The van der Waals surface area contributed by atoms with Gasteiger partial charge in [0.15, 0.2) is 0 Å². The minimum atomic E-state index is -2.17. The number of rotatable bonds is 10. The highest BCUT2D eigenvalue weighted by atomic mass is 32.2. The van der Waals surface area contributed by atoms with E-state index in [4.69, 9.17) is 10.8 Å². The Bertz CT molecular complexity index is 1080. The number of carbonyl (C=O) groups is 3. The van der Waals surface area contributed by atoms with Crippen molar-refractivity contribution in [1.82, 2.24) is 4.90 Å². The summed E-state index contributed by atoms with van der Waals surface area (Å²) in [6.45, 7) is 0.298. The molecule has 0 spiro atoms. The molecule has 6 nitrogen and oxygen atoms in total. The molecule has 0 saturated carbocycles.